The molecule has 0 aliphatic rings. The number of nitrogens with one attached hydrogen (secondary N) is 1. The van der Waals surface area contributed by atoms with E-state index in [-0.39, 0.29) is 18.2 Å². The summed E-state index contributed by atoms with van der Waals surface area (Å²) in [5.74, 6) is 0.0224. The first-order chi connectivity index (χ1) is 12.0. The van der Waals surface area contributed by atoms with Crippen LogP contribution in [0.25, 0.3) is 0 Å². The molecule has 0 aliphatic heterocycles. The second-order valence-corrected chi connectivity index (χ2v) is 5.74. The van der Waals surface area contributed by atoms with Gasteiger partial charge in [0.15, 0.2) is 5.96 Å². The minimum atomic E-state index is -0.812. The fourth-order valence-corrected chi connectivity index (χ4v) is 2.37. The zero-order chi connectivity index (χ0) is 18.2. The van der Waals surface area contributed by atoms with Crippen molar-refractivity contribution in [3.63, 3.8) is 0 Å². The van der Waals surface area contributed by atoms with E-state index in [1.165, 1.54) is 24.3 Å². The molecule has 0 saturated heterocycles. The van der Waals surface area contributed by atoms with Crippen molar-refractivity contribution in [2.75, 3.05) is 20.1 Å². The van der Waals surface area contributed by atoms with Gasteiger partial charge in [0, 0.05) is 20.1 Å². The van der Waals surface area contributed by atoms with Crippen molar-refractivity contribution in [3.05, 3.63) is 71.3 Å². The van der Waals surface area contributed by atoms with Gasteiger partial charge in [0.05, 0.1) is 12.6 Å². The minimum absolute atomic E-state index is 0.154. The molecule has 0 aliphatic carbocycles. The lowest BCUT2D eigenvalue weighted by molar-refractivity contribution is 0.186. The average molecular weight is 347 g/mol. The molecule has 0 bridgehead atoms. The molecular weight excluding hydrogens is 324 g/mol. The standard InChI is InChI=1S/C19H23F2N3O/c1-3-22-19(24(2)13-14-4-8-16(20)9-5-14)23-12-18(25)15-6-10-17(21)11-7-15/h4-11,18,25H,3,12-13H2,1-2H3,(H,22,23). The molecule has 4 nitrogen and oxygen atoms in total. The van der Waals surface area contributed by atoms with Crippen molar-refractivity contribution in [1.82, 2.24) is 10.2 Å². The second kappa shape index (κ2) is 9.13. The molecule has 134 valence electrons. The molecular formula is C19H23F2N3O. The quantitative estimate of drug-likeness (QED) is 0.624. The van der Waals surface area contributed by atoms with Gasteiger partial charge in [-0.3, -0.25) is 4.99 Å². The third kappa shape index (κ3) is 5.83. The van der Waals surface area contributed by atoms with Crippen molar-refractivity contribution in [2.45, 2.75) is 19.6 Å². The van der Waals surface area contributed by atoms with E-state index in [1.54, 1.807) is 24.3 Å². The maximum absolute atomic E-state index is 13.0. The van der Waals surface area contributed by atoms with Crippen LogP contribution in [0, 0.1) is 11.6 Å². The summed E-state index contributed by atoms with van der Waals surface area (Å²) in [5, 5.41) is 13.4. The lowest BCUT2D eigenvalue weighted by atomic mass is 10.1. The van der Waals surface area contributed by atoms with Crippen molar-refractivity contribution in [2.24, 2.45) is 4.99 Å². The van der Waals surface area contributed by atoms with Crippen molar-refractivity contribution in [1.29, 1.82) is 0 Å². The Morgan fingerprint density at radius 1 is 1.08 bits per heavy atom. The number of benzene rings is 2. The molecule has 0 aromatic heterocycles. The maximum Gasteiger partial charge on any atom is 0.194 e. The number of aliphatic hydroxyl groups excluding tert-OH is 1. The SMILES string of the molecule is CCNC(=NCC(O)c1ccc(F)cc1)N(C)Cc1ccc(F)cc1. The Bertz CT molecular complexity index is 687. The van der Waals surface area contributed by atoms with Gasteiger partial charge in [0.2, 0.25) is 0 Å². The smallest absolute Gasteiger partial charge is 0.194 e. The molecule has 0 heterocycles. The summed E-state index contributed by atoms with van der Waals surface area (Å²) >= 11 is 0. The van der Waals surface area contributed by atoms with E-state index >= 15 is 0 Å². The number of guanidine groups is 1. The van der Waals surface area contributed by atoms with Crippen molar-refractivity contribution in [3.8, 4) is 0 Å². The largest absolute Gasteiger partial charge is 0.386 e. The average Bonchev–Trinajstić information content (AvgIpc) is 2.60. The summed E-state index contributed by atoms with van der Waals surface area (Å²) in [6, 6.07) is 12.0. The third-order valence-electron chi connectivity index (χ3n) is 3.70. The maximum atomic E-state index is 13.0. The van der Waals surface area contributed by atoms with E-state index in [0.29, 0.717) is 24.6 Å². The molecule has 6 heteroatoms. The van der Waals surface area contributed by atoms with E-state index < -0.39 is 6.10 Å². The molecule has 0 spiro atoms. The Kier molecular flexibility index (Phi) is 6.89. The molecule has 1 atom stereocenters. The normalized spacial score (nSPS) is 12.8. The molecule has 2 aromatic rings. The lowest BCUT2D eigenvalue weighted by Crippen LogP contribution is -2.38. The predicted molar refractivity (Wildman–Crippen MR) is 95.2 cm³/mol. The monoisotopic (exact) mass is 347 g/mol. The van der Waals surface area contributed by atoms with Crippen LogP contribution >= 0.6 is 0 Å². The molecule has 25 heavy (non-hydrogen) atoms. The van der Waals surface area contributed by atoms with Crippen LogP contribution < -0.4 is 5.32 Å². The van der Waals surface area contributed by atoms with E-state index in [2.05, 4.69) is 10.3 Å². The summed E-state index contributed by atoms with van der Waals surface area (Å²) in [6.07, 6.45) is -0.812. The van der Waals surface area contributed by atoms with Crippen LogP contribution in [0.4, 0.5) is 8.78 Å². The molecule has 0 radical (unpaired) electrons. The number of halogens is 2. The fourth-order valence-electron chi connectivity index (χ4n) is 2.37. The Labute approximate surface area is 146 Å². The summed E-state index contributed by atoms with van der Waals surface area (Å²) in [5.41, 5.74) is 1.57. The van der Waals surface area contributed by atoms with Gasteiger partial charge in [-0.25, -0.2) is 8.78 Å². The summed E-state index contributed by atoms with van der Waals surface area (Å²) in [4.78, 5) is 6.34. The van der Waals surface area contributed by atoms with Gasteiger partial charge in [0.1, 0.15) is 11.6 Å². The van der Waals surface area contributed by atoms with Crippen molar-refractivity contribution >= 4 is 5.96 Å². The van der Waals surface area contributed by atoms with Crippen LogP contribution in [0.15, 0.2) is 53.5 Å². The third-order valence-corrected chi connectivity index (χ3v) is 3.70. The highest BCUT2D eigenvalue weighted by Gasteiger charge is 2.10. The van der Waals surface area contributed by atoms with Gasteiger partial charge in [-0.1, -0.05) is 24.3 Å². The Morgan fingerprint density at radius 2 is 1.64 bits per heavy atom. The summed E-state index contributed by atoms with van der Waals surface area (Å²) < 4.78 is 26.0. The van der Waals surface area contributed by atoms with Crippen LogP contribution in [0.1, 0.15) is 24.2 Å². The Morgan fingerprint density at radius 3 is 2.20 bits per heavy atom. The van der Waals surface area contributed by atoms with Crippen LogP contribution in [-0.4, -0.2) is 36.1 Å². The van der Waals surface area contributed by atoms with E-state index in [9.17, 15) is 13.9 Å². The first kappa shape index (κ1) is 18.9. The van der Waals surface area contributed by atoms with Gasteiger partial charge in [-0.2, -0.15) is 0 Å². The topological polar surface area (TPSA) is 47.9 Å². The zero-order valence-electron chi connectivity index (χ0n) is 14.4. The minimum Gasteiger partial charge on any atom is -0.386 e. The number of hydrogen-bond donors (Lipinski definition) is 2. The second-order valence-electron chi connectivity index (χ2n) is 5.74. The van der Waals surface area contributed by atoms with Crippen LogP contribution in [0.3, 0.4) is 0 Å². The highest BCUT2D eigenvalue weighted by molar-refractivity contribution is 5.79. The van der Waals surface area contributed by atoms with Gasteiger partial charge >= 0.3 is 0 Å². The van der Waals surface area contributed by atoms with E-state index in [1.807, 2.05) is 18.9 Å². The van der Waals surface area contributed by atoms with E-state index in [0.717, 1.165) is 5.56 Å². The number of aliphatic imine (C=N–C) groups is 1. The fraction of sp³-hybridized carbons (Fsp3) is 0.316. The predicted octanol–water partition coefficient (Wildman–Crippen LogP) is 3.10. The lowest BCUT2D eigenvalue weighted by Gasteiger charge is -2.22. The summed E-state index contributed by atoms with van der Waals surface area (Å²) in [6.45, 7) is 3.34. The molecule has 0 saturated carbocycles. The van der Waals surface area contributed by atoms with Crippen LogP contribution in [-0.2, 0) is 6.54 Å². The molecule has 0 amide bonds. The van der Waals surface area contributed by atoms with Gasteiger partial charge in [-0.15, -0.1) is 0 Å². The zero-order valence-corrected chi connectivity index (χ0v) is 14.4. The first-order valence-corrected chi connectivity index (χ1v) is 8.17. The number of hydrogen-bond acceptors (Lipinski definition) is 2. The van der Waals surface area contributed by atoms with E-state index in [4.69, 9.17) is 0 Å². The molecule has 2 N–H and O–H groups in total. The highest BCUT2D eigenvalue weighted by Crippen LogP contribution is 2.14. The first-order valence-electron chi connectivity index (χ1n) is 8.17. The van der Waals surface area contributed by atoms with Gasteiger partial charge in [0.25, 0.3) is 0 Å². The van der Waals surface area contributed by atoms with Crippen LogP contribution in [0.5, 0.6) is 0 Å². The number of nitrogens with zero attached hydrogens (tertiary/aromatic N) is 2. The number of aliphatic hydroxyl groups is 1. The Hall–Kier alpha value is -2.47. The van der Waals surface area contributed by atoms with Crippen LogP contribution in [0.2, 0.25) is 0 Å². The Balaban J connectivity index is 2.03. The highest BCUT2D eigenvalue weighted by atomic mass is 19.1. The molecule has 2 rings (SSSR count). The molecule has 2 aromatic carbocycles. The van der Waals surface area contributed by atoms with Gasteiger partial charge in [-0.05, 0) is 42.3 Å². The number of rotatable bonds is 6. The molecule has 0 fully saturated rings. The molecule has 1 unspecified atom stereocenters. The van der Waals surface area contributed by atoms with Crippen molar-refractivity contribution < 1.29 is 13.9 Å². The summed E-state index contributed by atoms with van der Waals surface area (Å²) in [7, 11) is 1.87. The van der Waals surface area contributed by atoms with Gasteiger partial charge < -0.3 is 15.3 Å².